The van der Waals surface area contributed by atoms with Crippen molar-refractivity contribution in [3.8, 4) is 0 Å². The molecule has 2 saturated heterocycles. The molecule has 0 spiro atoms. The second-order valence-electron chi connectivity index (χ2n) is 10.4. The van der Waals surface area contributed by atoms with Gasteiger partial charge in [-0.15, -0.1) is 0 Å². The molecule has 1 saturated carbocycles. The number of nitrogens with one attached hydrogen (secondary N) is 2. The zero-order chi connectivity index (χ0) is 25.9. The van der Waals surface area contributed by atoms with E-state index < -0.39 is 10.2 Å². The van der Waals surface area contributed by atoms with Crippen LogP contribution in [-0.4, -0.2) is 81.9 Å². The van der Waals surface area contributed by atoms with E-state index in [1.807, 2.05) is 6.07 Å². The molecule has 11 heteroatoms. The highest BCUT2D eigenvalue weighted by Crippen LogP contribution is 2.35. The third-order valence-corrected chi connectivity index (χ3v) is 9.26. The van der Waals surface area contributed by atoms with Gasteiger partial charge in [0.15, 0.2) is 0 Å². The van der Waals surface area contributed by atoms with Gasteiger partial charge in [-0.25, -0.2) is 4.39 Å². The lowest BCUT2D eigenvalue weighted by Crippen LogP contribution is -2.56. The molecule has 9 nitrogen and oxygen atoms in total. The highest BCUT2D eigenvalue weighted by Gasteiger charge is 2.38. The summed E-state index contributed by atoms with van der Waals surface area (Å²) in [5.74, 6) is -0.661. The van der Waals surface area contributed by atoms with E-state index in [9.17, 15) is 22.4 Å². The molecule has 3 atom stereocenters. The van der Waals surface area contributed by atoms with Crippen molar-refractivity contribution in [2.75, 3.05) is 40.3 Å². The zero-order valence-electron chi connectivity index (χ0n) is 21.0. The summed E-state index contributed by atoms with van der Waals surface area (Å²) in [7, 11) is -0.677. The minimum Gasteiger partial charge on any atom is -0.378 e. The van der Waals surface area contributed by atoms with Crippen molar-refractivity contribution in [3.05, 3.63) is 35.6 Å². The maximum Gasteiger partial charge on any atom is 0.279 e. The molecule has 1 aromatic carbocycles. The molecule has 4 rings (SSSR count). The minimum atomic E-state index is -3.64. The smallest absolute Gasteiger partial charge is 0.279 e. The van der Waals surface area contributed by atoms with Crippen LogP contribution >= 0.6 is 0 Å². The van der Waals surface area contributed by atoms with Crippen molar-refractivity contribution in [1.29, 1.82) is 0 Å². The quantitative estimate of drug-likeness (QED) is 0.537. The number of ether oxygens (including phenoxy) is 1. The predicted molar refractivity (Wildman–Crippen MR) is 133 cm³/mol. The number of likely N-dealkylation sites (tertiary alicyclic amines) is 1. The van der Waals surface area contributed by atoms with Crippen molar-refractivity contribution in [2.24, 2.45) is 11.8 Å². The number of rotatable bonds is 8. The van der Waals surface area contributed by atoms with E-state index in [0.29, 0.717) is 38.6 Å². The van der Waals surface area contributed by atoms with Crippen LogP contribution in [0.15, 0.2) is 24.3 Å². The average Bonchev–Trinajstić information content (AvgIpc) is 3.29. The molecular formula is C25H37FN4O5S. The number of amides is 2. The van der Waals surface area contributed by atoms with Gasteiger partial charge in [0.2, 0.25) is 11.8 Å². The monoisotopic (exact) mass is 524 g/mol. The number of halogens is 1. The lowest BCUT2D eigenvalue weighted by atomic mass is 9.82. The molecule has 2 N–H and O–H groups in total. The molecule has 0 aromatic heterocycles. The fourth-order valence-electron chi connectivity index (χ4n) is 5.47. The number of hydrogen-bond donors (Lipinski definition) is 2. The van der Waals surface area contributed by atoms with Crippen molar-refractivity contribution in [1.82, 2.24) is 19.2 Å². The molecule has 3 aliphatic rings. The Hall–Kier alpha value is -2.08. The van der Waals surface area contributed by atoms with Crippen LogP contribution in [0.1, 0.15) is 50.0 Å². The van der Waals surface area contributed by atoms with E-state index in [1.54, 1.807) is 17.0 Å². The van der Waals surface area contributed by atoms with Crippen LogP contribution < -0.4 is 10.0 Å². The summed E-state index contributed by atoms with van der Waals surface area (Å²) in [5.41, 5.74) is 1.02. The summed E-state index contributed by atoms with van der Waals surface area (Å²) >= 11 is 0. The van der Waals surface area contributed by atoms with Crippen LogP contribution in [0.25, 0.3) is 0 Å². The number of hydrogen-bond acceptors (Lipinski definition) is 5. The fraction of sp³-hybridized carbons (Fsp3) is 0.680. The Labute approximate surface area is 212 Å². The molecular weight excluding hydrogens is 487 g/mol. The largest absolute Gasteiger partial charge is 0.378 e. The summed E-state index contributed by atoms with van der Waals surface area (Å²) in [5, 5.41) is 2.71. The van der Waals surface area contributed by atoms with Crippen LogP contribution in [0.3, 0.4) is 0 Å². The lowest BCUT2D eigenvalue weighted by molar-refractivity contribution is -0.138. The molecule has 0 bridgehead atoms. The van der Waals surface area contributed by atoms with Gasteiger partial charge in [-0.3, -0.25) is 9.59 Å². The first-order valence-electron chi connectivity index (χ1n) is 12.7. The summed E-state index contributed by atoms with van der Waals surface area (Å²) in [6.07, 6.45) is 4.23. The van der Waals surface area contributed by atoms with Gasteiger partial charge in [0.05, 0.1) is 18.6 Å². The summed E-state index contributed by atoms with van der Waals surface area (Å²) in [6.45, 7) is 1.49. The molecule has 3 unspecified atom stereocenters. The molecule has 1 aliphatic carbocycles. The summed E-state index contributed by atoms with van der Waals surface area (Å²) in [6, 6.07) is 6.42. The van der Waals surface area contributed by atoms with Crippen molar-refractivity contribution < 1.29 is 27.1 Å². The highest BCUT2D eigenvalue weighted by atomic mass is 32.2. The third kappa shape index (κ3) is 6.62. The standard InChI is InChI=1S/C25H37FN4O5S/c1-29(2)36(33,34)28-23-10-11-30(25(32)19-13-24(31)27-14-19)15-20(23)16-35-22-8-6-17(7-9-22)18-4-3-5-21(26)12-18/h3-5,12,17,19-20,22-23,28H,6-11,13-16H2,1-2H3,(H,27,31)/t17-,19?,20?,22+,23?. The zero-order valence-corrected chi connectivity index (χ0v) is 21.8. The first-order valence-corrected chi connectivity index (χ1v) is 14.2. The Kier molecular flexibility index (Phi) is 8.64. The SMILES string of the molecule is CN(C)S(=O)(=O)NC1CCN(C(=O)C2CNC(=O)C2)CC1CO[C@H]1CC[C@@H](c2cccc(F)c2)CC1. The maximum atomic E-state index is 13.6. The Morgan fingerprint density at radius 2 is 1.97 bits per heavy atom. The molecule has 36 heavy (non-hydrogen) atoms. The molecule has 200 valence electrons. The fourth-order valence-corrected chi connectivity index (χ4v) is 6.38. The van der Waals surface area contributed by atoms with E-state index in [1.165, 1.54) is 20.2 Å². The van der Waals surface area contributed by atoms with Crippen molar-refractivity contribution in [3.63, 3.8) is 0 Å². The Morgan fingerprint density at radius 3 is 2.61 bits per heavy atom. The lowest BCUT2D eigenvalue weighted by Gasteiger charge is -2.40. The average molecular weight is 525 g/mol. The molecule has 2 heterocycles. The van der Waals surface area contributed by atoms with Gasteiger partial charge < -0.3 is 15.0 Å². The normalized spacial score (nSPS) is 29.4. The predicted octanol–water partition coefficient (Wildman–Crippen LogP) is 1.62. The van der Waals surface area contributed by atoms with Crippen LogP contribution in [0.4, 0.5) is 4.39 Å². The van der Waals surface area contributed by atoms with Gasteiger partial charge >= 0.3 is 0 Å². The first kappa shape index (κ1) is 27.0. The van der Waals surface area contributed by atoms with Crippen LogP contribution in [0.5, 0.6) is 0 Å². The van der Waals surface area contributed by atoms with E-state index in [-0.39, 0.29) is 48.0 Å². The number of carbonyl (C=O) groups excluding carboxylic acids is 2. The van der Waals surface area contributed by atoms with Gasteiger partial charge in [0.25, 0.3) is 10.2 Å². The van der Waals surface area contributed by atoms with E-state index >= 15 is 0 Å². The van der Waals surface area contributed by atoms with Gasteiger partial charge in [0, 0.05) is 52.1 Å². The summed E-state index contributed by atoms with van der Waals surface area (Å²) < 4.78 is 48.9. The molecule has 0 radical (unpaired) electrons. The number of nitrogens with zero attached hydrogens (tertiary/aromatic N) is 2. The van der Waals surface area contributed by atoms with Crippen LogP contribution in [0, 0.1) is 17.7 Å². The van der Waals surface area contributed by atoms with E-state index in [4.69, 9.17) is 4.74 Å². The molecule has 1 aromatic rings. The Balaban J connectivity index is 1.36. The second kappa shape index (κ2) is 11.5. The van der Waals surface area contributed by atoms with Crippen LogP contribution in [0.2, 0.25) is 0 Å². The molecule has 2 amide bonds. The van der Waals surface area contributed by atoms with Gasteiger partial charge in [-0.1, -0.05) is 12.1 Å². The second-order valence-corrected chi connectivity index (χ2v) is 12.3. The summed E-state index contributed by atoms with van der Waals surface area (Å²) in [4.78, 5) is 26.3. The number of benzene rings is 1. The van der Waals surface area contributed by atoms with E-state index in [2.05, 4.69) is 10.0 Å². The van der Waals surface area contributed by atoms with E-state index in [0.717, 1.165) is 35.6 Å². The Morgan fingerprint density at radius 1 is 1.22 bits per heavy atom. The number of carbonyl (C=O) groups is 2. The molecule has 3 fully saturated rings. The van der Waals surface area contributed by atoms with Crippen molar-refractivity contribution >= 4 is 22.0 Å². The first-order chi connectivity index (χ1) is 17.1. The van der Waals surface area contributed by atoms with Crippen molar-refractivity contribution in [2.45, 2.75) is 56.6 Å². The Bertz CT molecular complexity index is 1040. The third-order valence-electron chi connectivity index (χ3n) is 7.69. The highest BCUT2D eigenvalue weighted by molar-refractivity contribution is 7.87. The number of piperidine rings is 1. The van der Waals surface area contributed by atoms with Gasteiger partial charge in [0.1, 0.15) is 5.82 Å². The molecule has 2 aliphatic heterocycles. The minimum absolute atomic E-state index is 0.0450. The maximum absolute atomic E-state index is 13.6. The topological polar surface area (TPSA) is 108 Å². The van der Waals surface area contributed by atoms with Gasteiger partial charge in [-0.05, 0) is 55.7 Å². The van der Waals surface area contributed by atoms with Crippen LogP contribution in [-0.2, 0) is 24.5 Å². The van der Waals surface area contributed by atoms with Gasteiger partial charge in [-0.2, -0.15) is 17.4 Å².